The van der Waals surface area contributed by atoms with Crippen molar-refractivity contribution in [1.82, 2.24) is 14.9 Å². The Kier molecular flexibility index (Phi) is 2.90. The molecule has 2 aromatic heterocycles. The van der Waals surface area contributed by atoms with Crippen molar-refractivity contribution >= 4 is 0 Å². The molecule has 0 fully saturated rings. The average Bonchev–Trinajstić information content (AvgIpc) is 3.22. The first-order valence-corrected chi connectivity index (χ1v) is 8.07. The lowest BCUT2D eigenvalue weighted by molar-refractivity contribution is 0.173. The summed E-state index contributed by atoms with van der Waals surface area (Å²) in [5.74, 6) is 1.63. The third-order valence-electron chi connectivity index (χ3n) is 4.62. The summed E-state index contributed by atoms with van der Waals surface area (Å²) in [6.07, 6.45) is 2.08. The van der Waals surface area contributed by atoms with Gasteiger partial charge in [-0.25, -0.2) is 0 Å². The maximum absolute atomic E-state index is 5.75. The van der Waals surface area contributed by atoms with Gasteiger partial charge in [0.15, 0.2) is 11.5 Å². The van der Waals surface area contributed by atoms with E-state index in [2.05, 4.69) is 46.4 Å². The second kappa shape index (κ2) is 5.11. The monoisotopic (exact) mass is 319 g/mol. The largest absolute Gasteiger partial charge is 0.454 e. The zero-order chi connectivity index (χ0) is 16.1. The van der Waals surface area contributed by atoms with Crippen molar-refractivity contribution < 1.29 is 9.47 Å². The van der Waals surface area contributed by atoms with E-state index in [1.54, 1.807) is 0 Å². The van der Waals surface area contributed by atoms with E-state index in [0.717, 1.165) is 40.8 Å². The summed E-state index contributed by atoms with van der Waals surface area (Å²) in [4.78, 5) is 4.72. The van der Waals surface area contributed by atoms with Crippen LogP contribution in [0, 0.1) is 6.92 Å². The number of benzene rings is 1. The van der Waals surface area contributed by atoms with Gasteiger partial charge in [0.25, 0.3) is 0 Å². The van der Waals surface area contributed by atoms with E-state index in [-0.39, 0.29) is 12.8 Å². The quantitative estimate of drug-likeness (QED) is 0.749. The van der Waals surface area contributed by atoms with Gasteiger partial charge >= 0.3 is 0 Å². The first-order valence-electron chi connectivity index (χ1n) is 8.07. The van der Waals surface area contributed by atoms with E-state index < -0.39 is 0 Å². The lowest BCUT2D eigenvalue weighted by Crippen LogP contribution is -2.22. The van der Waals surface area contributed by atoms with Gasteiger partial charge in [-0.2, -0.15) is 0 Å². The average molecular weight is 319 g/mol. The lowest BCUT2D eigenvalue weighted by Gasteiger charge is -2.17. The van der Waals surface area contributed by atoms with Gasteiger partial charge < -0.3 is 14.0 Å². The lowest BCUT2D eigenvalue weighted by atomic mass is 10.1. The maximum Gasteiger partial charge on any atom is 0.231 e. The molecule has 1 N–H and O–H groups in total. The number of nitrogens with one attached hydrogen (secondary N) is 1. The molecule has 3 aromatic rings. The molecule has 0 saturated carbocycles. The summed E-state index contributed by atoms with van der Waals surface area (Å²) in [7, 11) is 0. The predicted molar refractivity (Wildman–Crippen MR) is 89.5 cm³/mol. The molecule has 2 aliphatic heterocycles. The number of nitrogens with zero attached hydrogens (tertiary/aromatic N) is 2. The fourth-order valence-electron chi connectivity index (χ4n) is 3.54. The summed E-state index contributed by atoms with van der Waals surface area (Å²) in [5, 5.41) is 3.64. The fourth-order valence-corrected chi connectivity index (χ4v) is 3.54. The molecule has 0 saturated heterocycles. The third kappa shape index (κ3) is 1.95. The number of pyridine rings is 1. The molecule has 5 nitrogen and oxygen atoms in total. The van der Waals surface area contributed by atoms with Crippen molar-refractivity contribution in [2.45, 2.75) is 19.5 Å². The van der Waals surface area contributed by atoms with Crippen LogP contribution >= 0.6 is 0 Å². The van der Waals surface area contributed by atoms with E-state index >= 15 is 0 Å². The molecule has 120 valence electrons. The highest BCUT2D eigenvalue weighted by molar-refractivity contribution is 5.63. The standard InChI is InChI=1S/C19H17N3O2/c1-12-4-2-5-14(21-12)17-15-6-3-9-22(15)18-13(10-20-17)7-8-16-19(18)24-11-23-16/h2-9,17,20H,10-11H2,1H3. The number of hydrogen-bond donors (Lipinski definition) is 1. The molecule has 0 spiro atoms. The Balaban J connectivity index is 1.71. The Labute approximate surface area is 139 Å². The minimum atomic E-state index is 0.0327. The first-order chi connectivity index (χ1) is 11.8. The molecule has 4 heterocycles. The van der Waals surface area contributed by atoms with Crippen LogP contribution in [0.5, 0.6) is 11.5 Å². The van der Waals surface area contributed by atoms with Gasteiger partial charge in [-0.05, 0) is 42.8 Å². The van der Waals surface area contributed by atoms with Gasteiger partial charge in [0.1, 0.15) is 0 Å². The molecule has 1 unspecified atom stereocenters. The summed E-state index contributed by atoms with van der Waals surface area (Å²) in [6, 6.07) is 14.5. The topological polar surface area (TPSA) is 48.3 Å². The molecule has 1 aromatic carbocycles. The molecule has 5 rings (SSSR count). The smallest absolute Gasteiger partial charge is 0.231 e. The number of hydrogen-bond acceptors (Lipinski definition) is 4. The van der Waals surface area contributed by atoms with Gasteiger partial charge in [0.05, 0.1) is 17.4 Å². The van der Waals surface area contributed by atoms with Crippen molar-refractivity contribution in [3.63, 3.8) is 0 Å². The van der Waals surface area contributed by atoms with E-state index in [4.69, 9.17) is 14.5 Å². The van der Waals surface area contributed by atoms with Crippen LogP contribution in [-0.2, 0) is 6.54 Å². The van der Waals surface area contributed by atoms with E-state index in [1.165, 1.54) is 5.56 Å². The number of ether oxygens (including phenoxy) is 2. The molecule has 0 radical (unpaired) electrons. The normalized spacial score (nSPS) is 18.0. The molecular formula is C19H17N3O2. The van der Waals surface area contributed by atoms with Crippen LogP contribution in [0.25, 0.3) is 5.69 Å². The van der Waals surface area contributed by atoms with Crippen molar-refractivity contribution in [1.29, 1.82) is 0 Å². The Hall–Kier alpha value is -2.79. The Morgan fingerprint density at radius 3 is 3.00 bits per heavy atom. The van der Waals surface area contributed by atoms with Gasteiger partial charge in [-0.3, -0.25) is 10.3 Å². The predicted octanol–water partition coefficient (Wildman–Crippen LogP) is 3.10. The Bertz CT molecular complexity index is 932. The SMILES string of the molecule is Cc1cccc(C2NCc3ccc4c(c3-n3cccc32)OCO4)n1. The van der Waals surface area contributed by atoms with Crippen molar-refractivity contribution in [3.05, 3.63) is 71.3 Å². The number of aryl methyl sites for hydroxylation is 1. The Morgan fingerprint density at radius 1 is 1.12 bits per heavy atom. The molecule has 0 bridgehead atoms. The van der Waals surface area contributed by atoms with Gasteiger partial charge in [-0.15, -0.1) is 0 Å². The maximum atomic E-state index is 5.75. The second-order valence-electron chi connectivity index (χ2n) is 6.13. The first kappa shape index (κ1) is 13.6. The fraction of sp³-hybridized carbons (Fsp3) is 0.211. The van der Waals surface area contributed by atoms with Crippen molar-refractivity contribution in [2.75, 3.05) is 6.79 Å². The summed E-state index contributed by atoms with van der Waals surface area (Å²) >= 11 is 0. The molecule has 0 aliphatic carbocycles. The molecule has 24 heavy (non-hydrogen) atoms. The minimum Gasteiger partial charge on any atom is -0.454 e. The Morgan fingerprint density at radius 2 is 2.08 bits per heavy atom. The highest BCUT2D eigenvalue weighted by Crippen LogP contribution is 2.42. The molecule has 1 atom stereocenters. The van der Waals surface area contributed by atoms with Gasteiger partial charge in [0.2, 0.25) is 6.79 Å². The van der Waals surface area contributed by atoms with Crippen molar-refractivity contribution in [3.8, 4) is 17.2 Å². The van der Waals surface area contributed by atoms with Crippen LogP contribution in [0.2, 0.25) is 0 Å². The number of aromatic nitrogens is 2. The molecule has 5 heteroatoms. The summed E-state index contributed by atoms with van der Waals surface area (Å²) in [6.45, 7) is 3.04. The summed E-state index contributed by atoms with van der Waals surface area (Å²) in [5.41, 5.74) is 5.44. The number of fused-ring (bicyclic) bond motifs is 5. The summed E-state index contributed by atoms with van der Waals surface area (Å²) < 4.78 is 13.5. The van der Waals surface area contributed by atoms with Crippen LogP contribution in [0.3, 0.4) is 0 Å². The van der Waals surface area contributed by atoms with Crippen LogP contribution < -0.4 is 14.8 Å². The highest BCUT2D eigenvalue weighted by Gasteiger charge is 2.29. The molecule has 0 amide bonds. The van der Waals surface area contributed by atoms with Crippen LogP contribution in [-0.4, -0.2) is 16.3 Å². The van der Waals surface area contributed by atoms with Crippen LogP contribution in [0.4, 0.5) is 0 Å². The zero-order valence-corrected chi connectivity index (χ0v) is 13.3. The van der Waals surface area contributed by atoms with E-state index in [0.29, 0.717) is 0 Å². The number of rotatable bonds is 1. The highest BCUT2D eigenvalue weighted by atomic mass is 16.7. The van der Waals surface area contributed by atoms with Crippen molar-refractivity contribution in [2.24, 2.45) is 0 Å². The van der Waals surface area contributed by atoms with Crippen LogP contribution in [0.15, 0.2) is 48.7 Å². The minimum absolute atomic E-state index is 0.0327. The second-order valence-corrected chi connectivity index (χ2v) is 6.13. The molecule has 2 aliphatic rings. The van der Waals surface area contributed by atoms with E-state index in [9.17, 15) is 0 Å². The van der Waals surface area contributed by atoms with Crippen LogP contribution in [0.1, 0.15) is 28.7 Å². The van der Waals surface area contributed by atoms with E-state index in [1.807, 2.05) is 19.1 Å². The van der Waals surface area contributed by atoms with Gasteiger partial charge in [0, 0.05) is 24.1 Å². The molecular weight excluding hydrogens is 302 g/mol. The van der Waals surface area contributed by atoms with Gasteiger partial charge in [-0.1, -0.05) is 12.1 Å². The third-order valence-corrected chi connectivity index (χ3v) is 4.62. The zero-order valence-electron chi connectivity index (χ0n) is 13.3.